The Kier molecular flexibility index (Phi) is 27.0. The standard InChI is InChI=1S/C39H70N12O13/c1-5-21(2)31(38(62)48-26(12-7-9-15-41)35(59)47-25(11-6-8-14-40)36(60)50-28(20-53)39(63)64)51-37(61)27(19-52)49-33(57)23(4)46-32(56)22(3)45-30(55)18-43-29(54)17-44-34(58)24-13-10-16-42-24/h21-28,31,42,52-53H,5-20,40-41H2,1-4H3,(H,43,54)(H,44,58)(H,45,55)(H,46,56)(H,47,59)(H,48,62)(H,49,57)(H,50,60)(H,51,61)(H,63,64)/t21-,22-,23-,24-,25-,26-,27-,28-,31-/m0/s1. The van der Waals surface area contributed by atoms with Gasteiger partial charge in [-0.25, -0.2) is 4.79 Å². The number of carbonyl (C=O) groups excluding carboxylic acids is 9. The van der Waals surface area contributed by atoms with E-state index in [0.717, 1.165) is 6.42 Å². The van der Waals surface area contributed by atoms with Gasteiger partial charge in [-0.05, 0) is 90.8 Å². The van der Waals surface area contributed by atoms with Crippen LogP contribution in [-0.2, 0) is 47.9 Å². The van der Waals surface area contributed by atoms with E-state index in [9.17, 15) is 63.3 Å². The maximum absolute atomic E-state index is 13.8. The number of unbranched alkanes of at least 4 members (excludes halogenated alkanes) is 2. The molecule has 1 aliphatic rings. The van der Waals surface area contributed by atoms with Crippen LogP contribution in [0.2, 0.25) is 0 Å². The summed E-state index contributed by atoms with van der Waals surface area (Å²) in [6, 6.07) is -9.95. The molecule has 0 bridgehead atoms. The van der Waals surface area contributed by atoms with Crippen molar-refractivity contribution < 1.29 is 63.3 Å². The lowest BCUT2D eigenvalue weighted by Crippen LogP contribution is -2.61. The lowest BCUT2D eigenvalue weighted by molar-refractivity contribution is -0.143. The quantitative estimate of drug-likeness (QED) is 0.0288. The molecule has 9 amide bonds. The van der Waals surface area contributed by atoms with Gasteiger partial charge in [-0.1, -0.05) is 20.3 Å². The van der Waals surface area contributed by atoms with Crippen molar-refractivity contribution in [3.63, 3.8) is 0 Å². The summed E-state index contributed by atoms with van der Waals surface area (Å²) in [5.74, 6) is -8.95. The van der Waals surface area contributed by atoms with Gasteiger partial charge in [0.2, 0.25) is 53.2 Å². The molecule has 0 aliphatic carbocycles. The van der Waals surface area contributed by atoms with Crippen LogP contribution < -0.4 is 64.6 Å². The van der Waals surface area contributed by atoms with E-state index in [4.69, 9.17) is 11.5 Å². The number of hydrogen-bond acceptors (Lipinski definition) is 15. The fraction of sp³-hybridized carbons (Fsp3) is 0.744. The van der Waals surface area contributed by atoms with Gasteiger partial charge in [0, 0.05) is 0 Å². The number of carboxylic acids is 1. The molecule has 0 aromatic carbocycles. The molecule has 0 radical (unpaired) electrons. The van der Waals surface area contributed by atoms with Gasteiger partial charge in [0.25, 0.3) is 0 Å². The highest BCUT2D eigenvalue weighted by Crippen LogP contribution is 2.12. The first-order valence-corrected chi connectivity index (χ1v) is 21.6. The van der Waals surface area contributed by atoms with Crippen molar-refractivity contribution in [2.24, 2.45) is 17.4 Å². The SMILES string of the molecule is CC[C@H](C)[C@H](NC(=O)[C@H](CO)NC(=O)[C@H](C)NC(=O)[C@H](C)NC(=O)CNC(=O)CNC(=O)[C@@H]1CCCN1)C(=O)N[C@@H](CCCCN)C(=O)N[C@@H](CCCCN)C(=O)N[C@@H](CO)C(=O)O. The minimum atomic E-state index is -1.64. The second-order valence-corrected chi connectivity index (χ2v) is 15.6. The average Bonchev–Trinajstić information content (AvgIpc) is 3.81. The minimum Gasteiger partial charge on any atom is -0.480 e. The third-order valence-corrected chi connectivity index (χ3v) is 10.3. The van der Waals surface area contributed by atoms with Crippen molar-refractivity contribution in [2.45, 2.75) is 134 Å². The van der Waals surface area contributed by atoms with Crippen LogP contribution in [-0.4, -0.2) is 169 Å². The van der Waals surface area contributed by atoms with Crippen molar-refractivity contribution in [1.29, 1.82) is 0 Å². The number of amides is 9. The Bertz CT molecular complexity index is 1580. The smallest absolute Gasteiger partial charge is 0.328 e. The zero-order chi connectivity index (χ0) is 48.4. The molecule has 1 aliphatic heterocycles. The lowest BCUT2D eigenvalue weighted by atomic mass is 9.97. The molecule has 1 rings (SSSR count). The summed E-state index contributed by atoms with van der Waals surface area (Å²) in [6.07, 6.45) is 3.61. The van der Waals surface area contributed by atoms with E-state index in [-0.39, 0.29) is 44.4 Å². The molecular weight excluding hydrogens is 844 g/mol. The summed E-state index contributed by atoms with van der Waals surface area (Å²) in [4.78, 5) is 128. The van der Waals surface area contributed by atoms with Gasteiger partial charge in [0.1, 0.15) is 42.3 Å². The first-order valence-electron chi connectivity index (χ1n) is 21.6. The summed E-state index contributed by atoms with van der Waals surface area (Å²) in [6.45, 7) is 4.52. The Morgan fingerprint density at radius 1 is 0.594 bits per heavy atom. The molecule has 0 unspecified atom stereocenters. The van der Waals surface area contributed by atoms with E-state index in [1.807, 2.05) is 0 Å². The highest BCUT2D eigenvalue weighted by Gasteiger charge is 2.34. The van der Waals surface area contributed by atoms with Crippen molar-refractivity contribution in [3.8, 4) is 0 Å². The summed E-state index contributed by atoms with van der Waals surface area (Å²) in [5.41, 5.74) is 11.2. The van der Waals surface area contributed by atoms with Crippen LogP contribution in [0.1, 0.15) is 85.5 Å². The average molecular weight is 915 g/mol. The zero-order valence-corrected chi connectivity index (χ0v) is 37.1. The lowest BCUT2D eigenvalue weighted by Gasteiger charge is -2.29. The Hall–Kier alpha value is -5.50. The third kappa shape index (κ3) is 20.8. The first kappa shape index (κ1) is 56.5. The molecule has 25 heteroatoms. The fourth-order valence-corrected chi connectivity index (χ4v) is 6.16. The number of aliphatic hydroxyl groups is 2. The van der Waals surface area contributed by atoms with E-state index in [2.05, 4.69) is 53.2 Å². The molecule has 9 atom stereocenters. The maximum Gasteiger partial charge on any atom is 0.328 e. The summed E-state index contributed by atoms with van der Waals surface area (Å²) in [5, 5.41) is 53.5. The Morgan fingerprint density at radius 3 is 1.58 bits per heavy atom. The van der Waals surface area contributed by atoms with Crippen LogP contribution in [0.4, 0.5) is 0 Å². The molecular formula is C39H70N12O13. The van der Waals surface area contributed by atoms with Crippen molar-refractivity contribution >= 4 is 59.1 Å². The van der Waals surface area contributed by atoms with Crippen LogP contribution in [0.15, 0.2) is 0 Å². The highest BCUT2D eigenvalue weighted by atomic mass is 16.4. The molecule has 17 N–H and O–H groups in total. The maximum atomic E-state index is 13.8. The summed E-state index contributed by atoms with van der Waals surface area (Å²) in [7, 11) is 0. The van der Waals surface area contributed by atoms with Gasteiger partial charge in [-0.15, -0.1) is 0 Å². The molecule has 0 spiro atoms. The number of nitrogens with one attached hydrogen (secondary N) is 10. The van der Waals surface area contributed by atoms with E-state index < -0.39 is 121 Å². The van der Waals surface area contributed by atoms with Crippen LogP contribution in [0.5, 0.6) is 0 Å². The largest absolute Gasteiger partial charge is 0.480 e. The number of carboxylic acid groups (broad SMARTS) is 1. The minimum absolute atomic E-state index is 0.0528. The van der Waals surface area contributed by atoms with Crippen LogP contribution >= 0.6 is 0 Å². The fourth-order valence-electron chi connectivity index (χ4n) is 6.16. The molecule has 25 nitrogen and oxygen atoms in total. The summed E-state index contributed by atoms with van der Waals surface area (Å²) < 4.78 is 0. The summed E-state index contributed by atoms with van der Waals surface area (Å²) >= 11 is 0. The molecule has 0 aromatic heterocycles. The van der Waals surface area contributed by atoms with E-state index >= 15 is 0 Å². The van der Waals surface area contributed by atoms with Gasteiger partial charge in [-0.3, -0.25) is 43.2 Å². The molecule has 1 saturated heterocycles. The molecule has 1 heterocycles. The number of aliphatic hydroxyl groups excluding tert-OH is 2. The van der Waals surface area contributed by atoms with Crippen LogP contribution in [0.25, 0.3) is 0 Å². The molecule has 364 valence electrons. The predicted octanol–water partition coefficient (Wildman–Crippen LogP) is -6.22. The van der Waals surface area contributed by atoms with E-state index in [0.29, 0.717) is 45.1 Å². The van der Waals surface area contributed by atoms with Crippen molar-refractivity contribution in [1.82, 2.24) is 53.2 Å². The molecule has 1 fully saturated rings. The monoisotopic (exact) mass is 915 g/mol. The normalized spacial score (nSPS) is 17.0. The van der Waals surface area contributed by atoms with Crippen LogP contribution in [0.3, 0.4) is 0 Å². The number of carbonyl (C=O) groups is 10. The van der Waals surface area contributed by atoms with Gasteiger partial charge in [-0.2, -0.15) is 0 Å². The van der Waals surface area contributed by atoms with Crippen molar-refractivity contribution in [3.05, 3.63) is 0 Å². The second kappa shape index (κ2) is 30.6. The van der Waals surface area contributed by atoms with Gasteiger partial charge in [0.15, 0.2) is 0 Å². The van der Waals surface area contributed by atoms with Gasteiger partial charge >= 0.3 is 5.97 Å². The van der Waals surface area contributed by atoms with Crippen LogP contribution in [0, 0.1) is 5.92 Å². The third-order valence-electron chi connectivity index (χ3n) is 10.3. The predicted molar refractivity (Wildman–Crippen MR) is 229 cm³/mol. The van der Waals surface area contributed by atoms with E-state index in [1.165, 1.54) is 13.8 Å². The Balaban J connectivity index is 2.93. The molecule has 64 heavy (non-hydrogen) atoms. The molecule has 0 saturated carbocycles. The van der Waals surface area contributed by atoms with Gasteiger partial charge in [0.05, 0.1) is 32.3 Å². The molecule has 0 aromatic rings. The Labute approximate surface area is 372 Å². The van der Waals surface area contributed by atoms with Crippen molar-refractivity contribution in [2.75, 3.05) is 45.9 Å². The zero-order valence-electron chi connectivity index (χ0n) is 37.1. The van der Waals surface area contributed by atoms with Gasteiger partial charge < -0.3 is 80.0 Å². The number of rotatable bonds is 31. The first-order chi connectivity index (χ1) is 30.3. The number of hydrogen-bond donors (Lipinski definition) is 15. The number of nitrogens with two attached hydrogens (primary N) is 2. The topological polar surface area (TPSA) is 404 Å². The van der Waals surface area contributed by atoms with E-state index in [1.54, 1.807) is 13.8 Å². The Morgan fingerprint density at radius 2 is 1.08 bits per heavy atom. The highest BCUT2D eigenvalue weighted by molar-refractivity contribution is 5.97. The second-order valence-electron chi connectivity index (χ2n) is 15.6. The number of aliphatic carboxylic acids is 1.